The molecule has 1 atom stereocenters. The van der Waals surface area contributed by atoms with Crippen molar-refractivity contribution in [3.05, 3.63) is 63.6 Å². The molecule has 7 nitrogen and oxygen atoms in total. The highest BCUT2D eigenvalue weighted by atomic mass is 35.5. The zero-order valence-corrected chi connectivity index (χ0v) is 22.9. The maximum Gasteiger partial charge on any atom is 0.244 e. The van der Waals surface area contributed by atoms with Crippen LogP contribution in [0.15, 0.2) is 42.5 Å². The number of carbonyl (C=O) groups is 2. The lowest BCUT2D eigenvalue weighted by atomic mass is 10.1. The highest BCUT2D eigenvalue weighted by Crippen LogP contribution is 2.28. The number of hydrogen-bond acceptors (Lipinski definition) is 4. The van der Waals surface area contributed by atoms with E-state index in [0.717, 1.165) is 29.0 Å². The highest BCUT2D eigenvalue weighted by molar-refractivity contribution is 7.92. The molecular weight excluding hydrogens is 509 g/mol. The minimum absolute atomic E-state index is 0.127. The lowest BCUT2D eigenvalue weighted by Crippen LogP contribution is -2.52. The molecule has 10 heteroatoms. The van der Waals surface area contributed by atoms with E-state index in [2.05, 4.69) is 5.32 Å². The Balaban J connectivity index is 2.43. The summed E-state index contributed by atoms with van der Waals surface area (Å²) in [5.41, 5.74) is 1.63. The summed E-state index contributed by atoms with van der Waals surface area (Å²) >= 11 is 12.2. The molecule has 2 aromatic carbocycles. The van der Waals surface area contributed by atoms with Crippen molar-refractivity contribution in [2.24, 2.45) is 0 Å². The summed E-state index contributed by atoms with van der Waals surface area (Å²) in [5.74, 6) is -0.768. The van der Waals surface area contributed by atoms with Crippen molar-refractivity contribution >= 4 is 50.7 Å². The number of nitrogens with one attached hydrogen (secondary N) is 1. The van der Waals surface area contributed by atoms with E-state index in [4.69, 9.17) is 23.2 Å². The number of hydrogen-bond donors (Lipinski definition) is 1. The van der Waals surface area contributed by atoms with Gasteiger partial charge in [0.2, 0.25) is 21.8 Å². The Labute approximate surface area is 218 Å². The molecule has 35 heavy (non-hydrogen) atoms. The Morgan fingerprint density at radius 3 is 2.29 bits per heavy atom. The smallest absolute Gasteiger partial charge is 0.244 e. The van der Waals surface area contributed by atoms with Gasteiger partial charge < -0.3 is 10.2 Å². The van der Waals surface area contributed by atoms with Gasteiger partial charge in [-0.2, -0.15) is 0 Å². The van der Waals surface area contributed by atoms with Crippen LogP contribution in [-0.2, 0) is 26.2 Å². The minimum Gasteiger partial charge on any atom is -0.354 e. The number of sulfonamides is 1. The van der Waals surface area contributed by atoms with Crippen molar-refractivity contribution in [1.29, 1.82) is 0 Å². The molecule has 0 aliphatic rings. The van der Waals surface area contributed by atoms with Crippen LogP contribution in [0.3, 0.4) is 0 Å². The molecule has 2 rings (SSSR count). The van der Waals surface area contributed by atoms with Gasteiger partial charge in [0.05, 0.1) is 11.9 Å². The average Bonchev–Trinajstić information content (AvgIpc) is 2.80. The quantitative estimate of drug-likeness (QED) is 0.391. The highest BCUT2D eigenvalue weighted by Gasteiger charge is 2.32. The van der Waals surface area contributed by atoms with Crippen molar-refractivity contribution in [2.75, 3.05) is 23.7 Å². The molecule has 192 valence electrons. The van der Waals surface area contributed by atoms with Crippen LogP contribution in [0.2, 0.25) is 10.0 Å². The summed E-state index contributed by atoms with van der Waals surface area (Å²) in [5, 5.41) is 3.84. The van der Waals surface area contributed by atoms with E-state index in [0.29, 0.717) is 34.3 Å². The number of anilines is 1. The second-order valence-electron chi connectivity index (χ2n) is 8.37. The van der Waals surface area contributed by atoms with E-state index in [-0.39, 0.29) is 12.5 Å². The summed E-state index contributed by atoms with van der Waals surface area (Å²) in [6.07, 6.45) is 3.15. The molecule has 0 aliphatic carbocycles. The molecule has 0 unspecified atom stereocenters. The fourth-order valence-corrected chi connectivity index (χ4v) is 4.87. The largest absolute Gasteiger partial charge is 0.354 e. The van der Waals surface area contributed by atoms with Gasteiger partial charge in [-0.1, -0.05) is 61.7 Å². The van der Waals surface area contributed by atoms with Crippen LogP contribution in [0.1, 0.15) is 44.2 Å². The maximum atomic E-state index is 13.7. The Morgan fingerprint density at radius 2 is 1.71 bits per heavy atom. The monoisotopic (exact) mass is 541 g/mol. The Hall–Kier alpha value is -2.29. The van der Waals surface area contributed by atoms with Crippen LogP contribution >= 0.6 is 23.2 Å². The van der Waals surface area contributed by atoms with Crippen LogP contribution in [-0.4, -0.2) is 50.5 Å². The first-order chi connectivity index (χ1) is 16.5. The number of halogens is 2. The summed E-state index contributed by atoms with van der Waals surface area (Å²) in [6, 6.07) is 11.1. The predicted octanol–water partition coefficient (Wildman–Crippen LogP) is 4.79. The van der Waals surface area contributed by atoms with Crippen molar-refractivity contribution in [3.8, 4) is 0 Å². The number of amides is 2. The summed E-state index contributed by atoms with van der Waals surface area (Å²) < 4.78 is 26.5. The number of nitrogens with zero attached hydrogens (tertiary/aromatic N) is 2. The fourth-order valence-electron chi connectivity index (χ4n) is 3.67. The van der Waals surface area contributed by atoms with Crippen molar-refractivity contribution < 1.29 is 18.0 Å². The standard InChI is InChI=1S/C25H33Cl2N3O4S/c1-5-7-15-28-25(32)22(6-2)29(16-19-11-13-20(26)14-12-19)24(31)17-30(35(4,33)34)23-10-8-9-21(27)18(23)3/h8-14,22H,5-7,15-17H2,1-4H3,(H,28,32)/t22-/m1/s1. The molecule has 0 aliphatic heterocycles. The molecular formula is C25H33Cl2N3O4S. The van der Waals surface area contributed by atoms with E-state index in [1.165, 1.54) is 4.90 Å². The van der Waals surface area contributed by atoms with Crippen LogP contribution in [0, 0.1) is 6.92 Å². The van der Waals surface area contributed by atoms with Gasteiger partial charge in [0.15, 0.2) is 0 Å². The van der Waals surface area contributed by atoms with Gasteiger partial charge in [0.25, 0.3) is 0 Å². The fraction of sp³-hybridized carbons (Fsp3) is 0.440. The van der Waals surface area contributed by atoms with Crippen LogP contribution in [0.5, 0.6) is 0 Å². The first-order valence-electron chi connectivity index (χ1n) is 11.5. The Morgan fingerprint density at radius 1 is 1.06 bits per heavy atom. The number of rotatable bonds is 12. The predicted molar refractivity (Wildman–Crippen MR) is 142 cm³/mol. The average molecular weight is 543 g/mol. The van der Waals surface area contributed by atoms with Crippen LogP contribution in [0.25, 0.3) is 0 Å². The molecule has 0 fully saturated rings. The van der Waals surface area contributed by atoms with Gasteiger partial charge >= 0.3 is 0 Å². The third kappa shape index (κ3) is 8.12. The molecule has 0 aromatic heterocycles. The van der Waals surface area contributed by atoms with Gasteiger partial charge in [-0.15, -0.1) is 0 Å². The first-order valence-corrected chi connectivity index (χ1v) is 14.1. The third-order valence-corrected chi connectivity index (χ3v) is 7.46. The SMILES string of the molecule is CCCCNC(=O)[C@@H](CC)N(Cc1ccc(Cl)cc1)C(=O)CN(c1cccc(Cl)c1C)S(C)(=O)=O. The van der Waals surface area contributed by atoms with Crippen LogP contribution in [0.4, 0.5) is 5.69 Å². The molecule has 2 aromatic rings. The number of benzene rings is 2. The minimum atomic E-state index is -3.83. The van der Waals surface area contributed by atoms with Gasteiger partial charge in [0, 0.05) is 23.1 Å². The van der Waals surface area contributed by atoms with Gasteiger partial charge in [0.1, 0.15) is 12.6 Å². The normalized spacial score (nSPS) is 12.2. The zero-order chi connectivity index (χ0) is 26.2. The zero-order valence-electron chi connectivity index (χ0n) is 20.6. The second kappa shape index (κ2) is 13.1. The van der Waals surface area contributed by atoms with Crippen molar-refractivity contribution in [1.82, 2.24) is 10.2 Å². The van der Waals surface area contributed by atoms with Gasteiger partial charge in [-0.25, -0.2) is 8.42 Å². The van der Waals surface area contributed by atoms with E-state index in [1.54, 1.807) is 49.4 Å². The van der Waals surface area contributed by atoms with Crippen molar-refractivity contribution in [2.45, 2.75) is 52.6 Å². The lowest BCUT2D eigenvalue weighted by Gasteiger charge is -2.33. The maximum absolute atomic E-state index is 13.7. The van der Waals surface area contributed by atoms with E-state index >= 15 is 0 Å². The topological polar surface area (TPSA) is 86.8 Å². The second-order valence-corrected chi connectivity index (χ2v) is 11.1. The van der Waals surface area contributed by atoms with Gasteiger partial charge in [-0.05, 0) is 55.2 Å². The van der Waals surface area contributed by atoms with Gasteiger partial charge in [-0.3, -0.25) is 13.9 Å². The lowest BCUT2D eigenvalue weighted by molar-refractivity contribution is -0.140. The molecule has 0 saturated heterocycles. The summed E-state index contributed by atoms with van der Waals surface area (Å²) in [6.45, 7) is 5.71. The summed E-state index contributed by atoms with van der Waals surface area (Å²) in [7, 11) is -3.83. The van der Waals surface area contributed by atoms with E-state index < -0.39 is 28.5 Å². The molecule has 0 bridgehead atoms. The molecule has 2 amide bonds. The van der Waals surface area contributed by atoms with E-state index in [9.17, 15) is 18.0 Å². The molecule has 0 saturated carbocycles. The summed E-state index contributed by atoms with van der Waals surface area (Å²) in [4.78, 5) is 28.1. The third-order valence-electron chi connectivity index (χ3n) is 5.67. The molecule has 1 N–H and O–H groups in total. The van der Waals surface area contributed by atoms with E-state index in [1.807, 2.05) is 13.8 Å². The van der Waals surface area contributed by atoms with Crippen LogP contribution < -0.4 is 9.62 Å². The number of unbranched alkanes of at least 4 members (excludes halogenated alkanes) is 1. The molecule has 0 heterocycles. The Kier molecular flexibility index (Phi) is 10.9. The first kappa shape index (κ1) is 28.9. The number of carbonyl (C=O) groups excluding carboxylic acids is 2. The molecule has 0 spiro atoms. The molecule has 0 radical (unpaired) electrons. The Bertz CT molecular complexity index is 1120. The van der Waals surface area contributed by atoms with Crippen molar-refractivity contribution in [3.63, 3.8) is 0 Å².